The van der Waals surface area contributed by atoms with Crippen molar-refractivity contribution in [1.82, 2.24) is 19.9 Å². The van der Waals surface area contributed by atoms with Gasteiger partial charge in [0.05, 0.1) is 15.8 Å². The van der Waals surface area contributed by atoms with Gasteiger partial charge in [-0.2, -0.15) is 9.37 Å². The Kier molecular flexibility index (Phi) is 5.37. The van der Waals surface area contributed by atoms with Crippen LogP contribution in [-0.2, 0) is 11.3 Å². The van der Waals surface area contributed by atoms with E-state index in [4.69, 9.17) is 4.74 Å². The second-order valence-electron chi connectivity index (χ2n) is 7.01. The fourth-order valence-electron chi connectivity index (χ4n) is 3.43. The van der Waals surface area contributed by atoms with E-state index in [2.05, 4.69) is 25.2 Å². The maximum Gasteiger partial charge on any atom is 0.230 e. The zero-order chi connectivity index (χ0) is 20.5. The molecule has 4 rings (SSSR count). The van der Waals surface area contributed by atoms with Crippen molar-refractivity contribution in [2.45, 2.75) is 39.0 Å². The van der Waals surface area contributed by atoms with E-state index in [1.165, 1.54) is 25.4 Å². The highest BCUT2D eigenvalue weighted by Gasteiger charge is 2.32. The lowest BCUT2D eigenvalue weighted by Gasteiger charge is -2.19. The van der Waals surface area contributed by atoms with E-state index in [9.17, 15) is 13.6 Å². The summed E-state index contributed by atoms with van der Waals surface area (Å²) in [6, 6.07) is 4.44. The molecule has 1 aromatic carbocycles. The number of aromatic nitrogens is 3. The van der Waals surface area contributed by atoms with Crippen LogP contribution in [0.2, 0.25) is 0 Å². The quantitative estimate of drug-likeness (QED) is 0.683. The summed E-state index contributed by atoms with van der Waals surface area (Å²) >= 11 is 1.12. The Bertz CT molecular complexity index is 1060. The van der Waals surface area contributed by atoms with Gasteiger partial charge >= 0.3 is 0 Å². The maximum absolute atomic E-state index is 14.1. The van der Waals surface area contributed by atoms with Gasteiger partial charge < -0.3 is 10.1 Å². The number of rotatable bonds is 5. The molecule has 29 heavy (non-hydrogen) atoms. The summed E-state index contributed by atoms with van der Waals surface area (Å²) in [5.41, 5.74) is 0.608. The lowest BCUT2D eigenvalue weighted by Crippen LogP contribution is -2.28. The van der Waals surface area contributed by atoms with E-state index in [0.717, 1.165) is 17.8 Å². The molecule has 3 aromatic rings. The molecule has 1 aliphatic rings. The molecule has 1 N–H and O–H groups in total. The number of ether oxygens (including phenoxy) is 1. The smallest absolute Gasteiger partial charge is 0.230 e. The molecule has 0 bridgehead atoms. The van der Waals surface area contributed by atoms with E-state index in [1.54, 1.807) is 6.07 Å². The summed E-state index contributed by atoms with van der Waals surface area (Å²) in [5.74, 6) is -0.908. The van der Waals surface area contributed by atoms with Crippen LogP contribution < -0.4 is 10.1 Å². The normalized spacial score (nSPS) is 19.6. The molecule has 10 heteroatoms. The highest BCUT2D eigenvalue weighted by Crippen LogP contribution is 2.30. The molecule has 0 aliphatic carbocycles. The van der Waals surface area contributed by atoms with E-state index in [-0.39, 0.29) is 29.0 Å². The fraction of sp³-hybridized carbons (Fsp3) is 0.368. The molecule has 0 spiro atoms. The number of nitrogens with zero attached hydrogens (tertiary/aromatic N) is 4. The number of fused-ring (bicyclic) bond motifs is 1. The molecule has 1 aliphatic heterocycles. The number of amides is 1. The zero-order valence-electron chi connectivity index (χ0n) is 15.9. The van der Waals surface area contributed by atoms with Crippen LogP contribution in [0.1, 0.15) is 25.1 Å². The molecule has 0 radical (unpaired) electrons. The van der Waals surface area contributed by atoms with Crippen molar-refractivity contribution in [1.29, 1.82) is 0 Å². The van der Waals surface area contributed by atoms with Crippen molar-refractivity contribution in [2.75, 3.05) is 11.9 Å². The van der Waals surface area contributed by atoms with Crippen LogP contribution in [0.3, 0.4) is 0 Å². The molecule has 0 saturated carbocycles. The summed E-state index contributed by atoms with van der Waals surface area (Å²) in [6.07, 6.45) is 1.94. The van der Waals surface area contributed by atoms with Gasteiger partial charge in [0.1, 0.15) is 18.2 Å². The van der Waals surface area contributed by atoms with E-state index in [0.29, 0.717) is 34.7 Å². The molecule has 1 fully saturated rings. The summed E-state index contributed by atoms with van der Waals surface area (Å²) in [5, 5.41) is 3.28. The summed E-state index contributed by atoms with van der Waals surface area (Å²) in [6.45, 7) is 4.32. The SMILES string of the molecule is CC(=O)Nc1nc(F)c(CN2C[C@H](Oc3ncnc4ccc(F)cc34)C[C@@H]2C)s1. The molecule has 0 unspecified atom stereocenters. The first kappa shape index (κ1) is 19.6. The molecule has 152 valence electrons. The van der Waals surface area contributed by atoms with Gasteiger partial charge in [-0.05, 0) is 25.1 Å². The topological polar surface area (TPSA) is 80.2 Å². The number of likely N-dealkylation sites (tertiary alicyclic amines) is 1. The minimum absolute atomic E-state index is 0.149. The number of nitrogens with one attached hydrogen (secondary N) is 1. The molecule has 2 atom stereocenters. The van der Waals surface area contributed by atoms with Crippen molar-refractivity contribution in [3.63, 3.8) is 0 Å². The van der Waals surface area contributed by atoms with Crippen LogP contribution in [0, 0.1) is 11.8 Å². The van der Waals surface area contributed by atoms with Crippen LogP contribution in [0.5, 0.6) is 5.88 Å². The van der Waals surface area contributed by atoms with Gasteiger partial charge in [0.2, 0.25) is 17.7 Å². The van der Waals surface area contributed by atoms with Gasteiger partial charge in [-0.15, -0.1) is 0 Å². The summed E-state index contributed by atoms with van der Waals surface area (Å²) in [7, 11) is 0. The minimum Gasteiger partial charge on any atom is -0.472 e. The number of halogens is 2. The Labute approximate surface area is 169 Å². The van der Waals surface area contributed by atoms with Crippen molar-refractivity contribution in [3.8, 4) is 5.88 Å². The number of carbonyl (C=O) groups excluding carboxylic acids is 1. The molecule has 2 aromatic heterocycles. The van der Waals surface area contributed by atoms with Gasteiger partial charge in [-0.3, -0.25) is 9.69 Å². The Morgan fingerprint density at radius 3 is 3.00 bits per heavy atom. The average Bonchev–Trinajstić information content (AvgIpc) is 3.17. The standard InChI is InChI=1S/C19H19F2N5O2S/c1-10-5-13(28-18-14-6-12(20)3-4-15(14)22-9-23-18)7-26(10)8-16-17(21)25-19(29-16)24-11(2)27/h3-4,6,9-10,13H,5,7-8H2,1-2H3,(H,24,25,27)/t10-,13+/m0/s1. The molecule has 3 heterocycles. The monoisotopic (exact) mass is 419 g/mol. The third-order valence-corrected chi connectivity index (χ3v) is 5.71. The second kappa shape index (κ2) is 7.96. The average molecular weight is 419 g/mol. The Morgan fingerprint density at radius 2 is 2.21 bits per heavy atom. The third kappa shape index (κ3) is 4.33. The molecule has 1 saturated heterocycles. The van der Waals surface area contributed by atoms with Gasteiger partial charge in [-0.1, -0.05) is 11.3 Å². The predicted molar refractivity (Wildman–Crippen MR) is 105 cm³/mol. The largest absolute Gasteiger partial charge is 0.472 e. The molecular formula is C19H19F2N5O2S. The van der Waals surface area contributed by atoms with Gasteiger partial charge in [-0.25, -0.2) is 14.4 Å². The molecular weight excluding hydrogens is 400 g/mol. The van der Waals surface area contributed by atoms with E-state index >= 15 is 0 Å². The van der Waals surface area contributed by atoms with Gasteiger partial charge in [0.25, 0.3) is 0 Å². The Hall–Kier alpha value is -2.72. The lowest BCUT2D eigenvalue weighted by atomic mass is 10.2. The highest BCUT2D eigenvalue weighted by molar-refractivity contribution is 7.15. The van der Waals surface area contributed by atoms with Crippen LogP contribution in [-0.4, -0.2) is 44.4 Å². The summed E-state index contributed by atoms with van der Waals surface area (Å²) in [4.78, 5) is 25.7. The number of hydrogen-bond acceptors (Lipinski definition) is 7. The lowest BCUT2D eigenvalue weighted by molar-refractivity contribution is -0.114. The molecule has 7 nitrogen and oxygen atoms in total. The molecule has 1 amide bonds. The minimum atomic E-state index is -0.576. The summed E-state index contributed by atoms with van der Waals surface area (Å²) < 4.78 is 33.8. The second-order valence-corrected chi connectivity index (χ2v) is 8.09. The van der Waals surface area contributed by atoms with Crippen molar-refractivity contribution in [2.24, 2.45) is 0 Å². The number of thiazole rings is 1. The van der Waals surface area contributed by atoms with E-state index in [1.807, 2.05) is 6.92 Å². The highest BCUT2D eigenvalue weighted by atomic mass is 32.1. The van der Waals surface area contributed by atoms with Crippen molar-refractivity contribution < 1.29 is 18.3 Å². The third-order valence-electron chi connectivity index (χ3n) is 4.78. The zero-order valence-corrected chi connectivity index (χ0v) is 16.7. The van der Waals surface area contributed by atoms with Crippen LogP contribution in [0.4, 0.5) is 13.9 Å². The first-order valence-corrected chi connectivity index (χ1v) is 9.94. The van der Waals surface area contributed by atoms with Crippen molar-refractivity contribution in [3.05, 3.63) is 41.2 Å². The van der Waals surface area contributed by atoms with Crippen molar-refractivity contribution >= 4 is 33.3 Å². The number of hydrogen-bond donors (Lipinski definition) is 1. The van der Waals surface area contributed by atoms with Gasteiger partial charge in [0.15, 0.2) is 5.13 Å². The Balaban J connectivity index is 1.46. The van der Waals surface area contributed by atoms with Crippen LogP contribution in [0.25, 0.3) is 10.9 Å². The Morgan fingerprint density at radius 1 is 1.38 bits per heavy atom. The first-order chi connectivity index (χ1) is 13.9. The number of carbonyl (C=O) groups is 1. The van der Waals surface area contributed by atoms with E-state index < -0.39 is 5.95 Å². The first-order valence-electron chi connectivity index (χ1n) is 9.13. The number of benzene rings is 1. The fourth-order valence-corrected chi connectivity index (χ4v) is 4.34. The van der Waals surface area contributed by atoms with Crippen LogP contribution >= 0.6 is 11.3 Å². The number of anilines is 1. The van der Waals surface area contributed by atoms with Crippen LogP contribution in [0.15, 0.2) is 24.5 Å². The maximum atomic E-state index is 14.1. The predicted octanol–water partition coefficient (Wildman–Crippen LogP) is 3.36. The van der Waals surface area contributed by atoms with Gasteiger partial charge in [0, 0.05) is 32.5 Å².